The lowest BCUT2D eigenvalue weighted by atomic mass is 10.0. The van der Waals surface area contributed by atoms with E-state index in [-0.39, 0.29) is 33.2 Å². The molecule has 2 amide bonds. The molecule has 4 rings (SSSR count). The Labute approximate surface area is 258 Å². The zero-order valence-corrected chi connectivity index (χ0v) is 25.3. The van der Waals surface area contributed by atoms with E-state index in [1.807, 2.05) is 7.05 Å². The number of nitrogens with one attached hydrogen (secondary N) is 3. The summed E-state index contributed by atoms with van der Waals surface area (Å²) in [6.07, 6.45) is 2.07. The largest absolute Gasteiger partial charge is 0.478 e. The molecule has 1 saturated heterocycles. The Morgan fingerprint density at radius 2 is 2.07 bits per heavy atom. The van der Waals surface area contributed by atoms with E-state index in [2.05, 4.69) is 26.1 Å². The molecule has 0 saturated carbocycles. The number of hydrogen-bond acceptors (Lipinski definition) is 13. The number of hydrogen-bond donors (Lipinski definition) is 7. The molecule has 2 aliphatic heterocycles. The summed E-state index contributed by atoms with van der Waals surface area (Å²) in [5.74, 6) is -3.95. The highest BCUT2D eigenvalue weighted by Gasteiger charge is 2.55. The molecule has 4 heterocycles. The van der Waals surface area contributed by atoms with Gasteiger partial charge in [0.25, 0.3) is 11.8 Å². The van der Waals surface area contributed by atoms with Crippen molar-refractivity contribution < 1.29 is 38.8 Å². The molecule has 0 bridgehead atoms. The van der Waals surface area contributed by atoms with E-state index in [9.17, 15) is 24.3 Å². The third-order valence-corrected chi connectivity index (χ3v) is 8.77. The van der Waals surface area contributed by atoms with Gasteiger partial charge in [0.2, 0.25) is 6.10 Å². The maximum absolute atomic E-state index is 13.2. The second-order valence-electron chi connectivity index (χ2n) is 9.33. The minimum absolute atomic E-state index is 0.00660. The van der Waals surface area contributed by atoms with Gasteiger partial charge >= 0.3 is 11.9 Å². The first kappa shape index (κ1) is 31.8. The number of aromatic nitrogens is 2. The lowest BCUT2D eigenvalue weighted by molar-refractivity contribution is -0.688. The molecule has 16 nitrogen and oxygen atoms in total. The predicted molar refractivity (Wildman–Crippen MR) is 159 cm³/mol. The number of halogens is 1. The minimum atomic E-state index is -1.41. The molecular weight excluding hydrogens is 626 g/mol. The maximum Gasteiger partial charge on any atom is 0.352 e. The van der Waals surface area contributed by atoms with E-state index < -0.39 is 47.0 Å². The zero-order chi connectivity index (χ0) is 31.4. The van der Waals surface area contributed by atoms with Crippen LogP contribution in [0.5, 0.6) is 0 Å². The van der Waals surface area contributed by atoms with Crippen LogP contribution in [0.4, 0.5) is 16.5 Å². The summed E-state index contributed by atoms with van der Waals surface area (Å²) < 4.78 is 1.76. The number of β-lactam (4-membered cyclic amide) rings is 1. The normalized spacial score (nSPS) is 18.9. The molecule has 230 valence electrons. The van der Waals surface area contributed by atoms with Gasteiger partial charge in [-0.3, -0.25) is 14.5 Å². The molecular formula is C24H29ClN9O7S2+. The zero-order valence-electron chi connectivity index (χ0n) is 22.9. The van der Waals surface area contributed by atoms with Crippen LogP contribution < -0.4 is 32.0 Å². The van der Waals surface area contributed by atoms with Crippen molar-refractivity contribution in [3.05, 3.63) is 39.8 Å². The summed E-state index contributed by atoms with van der Waals surface area (Å²) in [5.41, 5.74) is 12.6. The second-order valence-corrected chi connectivity index (χ2v) is 12.1. The number of nitrogen functional groups attached to an aromatic ring is 2. The third kappa shape index (κ3) is 6.93. The Morgan fingerprint density at radius 3 is 2.70 bits per heavy atom. The summed E-state index contributed by atoms with van der Waals surface area (Å²) in [4.78, 5) is 60.0. The predicted octanol–water partition coefficient (Wildman–Crippen LogP) is -0.488. The van der Waals surface area contributed by atoms with E-state index in [4.69, 9.17) is 33.0 Å². The van der Waals surface area contributed by atoms with Crippen molar-refractivity contribution in [1.29, 1.82) is 0 Å². The Bertz CT molecular complexity index is 1520. The van der Waals surface area contributed by atoms with Crippen LogP contribution in [0.1, 0.15) is 12.6 Å². The molecule has 2 aromatic rings. The van der Waals surface area contributed by atoms with E-state index in [1.165, 1.54) is 18.7 Å². The van der Waals surface area contributed by atoms with Crippen molar-refractivity contribution in [2.75, 3.05) is 42.7 Å². The van der Waals surface area contributed by atoms with Crippen molar-refractivity contribution >= 4 is 80.7 Å². The van der Waals surface area contributed by atoms with Crippen molar-refractivity contribution in [1.82, 2.24) is 20.5 Å². The molecule has 2 aromatic heterocycles. The van der Waals surface area contributed by atoms with Crippen molar-refractivity contribution in [2.45, 2.75) is 31.0 Å². The number of carboxylic acids is 2. The summed E-state index contributed by atoms with van der Waals surface area (Å²) in [7, 11) is 1.83. The lowest BCUT2D eigenvalue weighted by Gasteiger charge is -2.49. The smallest absolute Gasteiger partial charge is 0.352 e. The number of carboxylic acid groups (broad SMARTS) is 2. The molecule has 9 N–H and O–H groups in total. The number of thiazole rings is 1. The van der Waals surface area contributed by atoms with Crippen LogP contribution in [0.15, 0.2) is 34.9 Å². The van der Waals surface area contributed by atoms with Gasteiger partial charge < -0.3 is 42.5 Å². The number of fused-ring (bicyclic) bond motifs is 1. The number of oxime groups is 1. The Hall–Kier alpha value is -4.13. The fraction of sp³-hybridized carbons (Fsp3) is 0.375. The van der Waals surface area contributed by atoms with Gasteiger partial charge in [-0.25, -0.2) is 14.6 Å². The summed E-state index contributed by atoms with van der Waals surface area (Å²) >= 11 is 8.28. The number of amides is 2. The van der Waals surface area contributed by atoms with Gasteiger partial charge in [0.05, 0.1) is 5.69 Å². The summed E-state index contributed by atoms with van der Waals surface area (Å²) in [6, 6.07) is 0.585. The van der Waals surface area contributed by atoms with Gasteiger partial charge in [0.15, 0.2) is 29.8 Å². The molecule has 0 aliphatic carbocycles. The average molecular weight is 655 g/mol. The lowest BCUT2D eigenvalue weighted by Crippen LogP contribution is -2.71. The Kier molecular flexibility index (Phi) is 9.95. The molecule has 0 spiro atoms. The van der Waals surface area contributed by atoms with E-state index in [0.717, 1.165) is 16.2 Å². The van der Waals surface area contributed by atoms with Crippen molar-refractivity contribution in [3.63, 3.8) is 0 Å². The van der Waals surface area contributed by atoms with Crippen LogP contribution in [0, 0.1) is 0 Å². The first-order chi connectivity index (χ1) is 20.4. The highest BCUT2D eigenvalue weighted by atomic mass is 35.5. The molecule has 19 heteroatoms. The van der Waals surface area contributed by atoms with Gasteiger partial charge in [0, 0.05) is 30.5 Å². The molecule has 2 aliphatic rings. The van der Waals surface area contributed by atoms with Gasteiger partial charge in [-0.15, -0.1) is 11.8 Å². The Balaban J connectivity index is 1.54. The number of rotatable bonds is 13. The van der Waals surface area contributed by atoms with Gasteiger partial charge in [-0.2, -0.15) is 4.57 Å². The Morgan fingerprint density at radius 1 is 1.33 bits per heavy atom. The van der Waals surface area contributed by atoms with Crippen LogP contribution in [-0.2, 0) is 30.6 Å². The number of thioether (sulfide) groups is 1. The van der Waals surface area contributed by atoms with Crippen molar-refractivity contribution in [2.24, 2.45) is 5.16 Å². The highest BCUT2D eigenvalue weighted by Crippen LogP contribution is 2.40. The van der Waals surface area contributed by atoms with Gasteiger partial charge in [0.1, 0.15) is 32.8 Å². The fourth-order valence-electron chi connectivity index (χ4n) is 4.18. The first-order valence-electron chi connectivity index (χ1n) is 12.7. The molecule has 43 heavy (non-hydrogen) atoms. The number of anilines is 3. The number of likely N-dealkylation sites (N-methyl/N-ethyl adjacent to an activating group) is 1. The van der Waals surface area contributed by atoms with Gasteiger partial charge in [-0.1, -0.05) is 28.1 Å². The van der Waals surface area contributed by atoms with E-state index in [1.54, 1.807) is 23.0 Å². The van der Waals surface area contributed by atoms with Crippen LogP contribution in [-0.4, -0.2) is 93.0 Å². The SMILES string of the molecule is CNCCNc1c[n+](CC2=C(C(=O)O)N3C(=O)C(NC(=O)C(=NO[C@@H](C)C(=O)O)c4nc(N)sc4Cl)C3SC2)ccc1N. The average Bonchev–Trinajstić information content (AvgIpc) is 3.29. The molecule has 3 atom stereocenters. The standard InChI is InChI=1S/C24H28ClN9O7S2/c1-10(22(37)38)41-32-15(14-18(25)43-24(27)31-14)19(35)30-16-20(36)34-17(23(39)40)11(9-42-21(16)34)7-33-6-3-12(26)13(8-33)29-5-4-28-2/h3,6,8,10,16,21,26,28-29H,4-5,7,9H2,1-2H3,(H5,27,30,31,35,37,38,39,40)/p+1/t10-,16?,21?/m0/s1. The number of aliphatic carboxylic acids is 2. The molecule has 0 radical (unpaired) electrons. The van der Waals surface area contributed by atoms with Gasteiger partial charge in [-0.05, 0) is 14.0 Å². The van der Waals surface area contributed by atoms with Crippen LogP contribution in [0.25, 0.3) is 0 Å². The molecule has 1 fully saturated rings. The topological polar surface area (TPSA) is 238 Å². The van der Waals surface area contributed by atoms with E-state index in [0.29, 0.717) is 30.0 Å². The summed E-state index contributed by atoms with van der Waals surface area (Å²) in [5, 5.41) is 30.9. The number of carbonyl (C=O) groups is 4. The van der Waals surface area contributed by atoms with Crippen LogP contribution in [0.2, 0.25) is 4.34 Å². The maximum atomic E-state index is 13.2. The minimum Gasteiger partial charge on any atom is -0.478 e. The number of pyridine rings is 1. The second kappa shape index (κ2) is 13.4. The quantitative estimate of drug-likeness (QED) is 0.0475. The first-order valence-corrected chi connectivity index (χ1v) is 14.9. The number of nitrogens with zero attached hydrogens (tertiary/aromatic N) is 4. The third-order valence-electron chi connectivity index (χ3n) is 6.34. The fourth-order valence-corrected chi connectivity index (χ4v) is 6.45. The molecule has 2 unspecified atom stereocenters. The molecule has 0 aromatic carbocycles. The van der Waals surface area contributed by atoms with E-state index >= 15 is 0 Å². The summed E-state index contributed by atoms with van der Waals surface area (Å²) in [6.45, 7) is 2.72. The monoisotopic (exact) mass is 654 g/mol. The van der Waals surface area contributed by atoms with Crippen LogP contribution >= 0.6 is 34.7 Å². The van der Waals surface area contributed by atoms with Crippen molar-refractivity contribution in [3.8, 4) is 0 Å². The highest BCUT2D eigenvalue weighted by molar-refractivity contribution is 8.00. The van der Waals surface area contributed by atoms with Crippen LogP contribution in [0.3, 0.4) is 0 Å². The number of carbonyl (C=O) groups excluding carboxylic acids is 2. The number of nitrogens with two attached hydrogens (primary N) is 2.